The SMILES string of the molecule is CCc1ccc(N2C[C@@H](C(=O)N/N=C\c3cc([N+](=O)[O-])ccc3O)CC2=O)cc1. The Bertz CT molecular complexity index is 971. The lowest BCUT2D eigenvalue weighted by molar-refractivity contribution is -0.384. The van der Waals surface area contributed by atoms with Crippen molar-refractivity contribution < 1.29 is 19.6 Å². The Morgan fingerprint density at radius 3 is 2.72 bits per heavy atom. The minimum atomic E-state index is -0.596. The molecule has 1 aliphatic rings. The number of nitrogens with zero attached hydrogens (tertiary/aromatic N) is 3. The molecule has 1 atom stereocenters. The van der Waals surface area contributed by atoms with Crippen LogP contribution in [-0.2, 0) is 16.0 Å². The van der Waals surface area contributed by atoms with Crippen molar-refractivity contribution >= 4 is 29.4 Å². The fourth-order valence-electron chi connectivity index (χ4n) is 3.06. The van der Waals surface area contributed by atoms with Gasteiger partial charge in [-0.1, -0.05) is 19.1 Å². The summed E-state index contributed by atoms with van der Waals surface area (Å²) in [7, 11) is 0. The summed E-state index contributed by atoms with van der Waals surface area (Å²) in [6.07, 6.45) is 2.09. The smallest absolute Gasteiger partial charge is 0.270 e. The Morgan fingerprint density at radius 1 is 1.34 bits per heavy atom. The molecular formula is C20H20N4O5. The summed E-state index contributed by atoms with van der Waals surface area (Å²) in [4.78, 5) is 36.4. The fraction of sp³-hybridized carbons (Fsp3) is 0.250. The molecule has 0 bridgehead atoms. The molecule has 1 fully saturated rings. The molecule has 9 heteroatoms. The zero-order valence-corrected chi connectivity index (χ0v) is 15.7. The number of rotatable bonds is 6. The average Bonchev–Trinajstić information content (AvgIpc) is 3.11. The number of hydrazone groups is 1. The van der Waals surface area contributed by atoms with Crippen molar-refractivity contribution in [1.29, 1.82) is 0 Å². The minimum absolute atomic E-state index is 0.0684. The number of aryl methyl sites for hydroxylation is 1. The van der Waals surface area contributed by atoms with E-state index in [1.165, 1.54) is 6.07 Å². The Morgan fingerprint density at radius 2 is 2.07 bits per heavy atom. The molecule has 3 rings (SSSR count). The number of hydrogen-bond acceptors (Lipinski definition) is 6. The molecule has 29 heavy (non-hydrogen) atoms. The van der Waals surface area contributed by atoms with Crippen molar-refractivity contribution in [1.82, 2.24) is 5.43 Å². The first-order valence-corrected chi connectivity index (χ1v) is 9.08. The maximum Gasteiger partial charge on any atom is 0.270 e. The molecule has 2 aromatic carbocycles. The first-order valence-electron chi connectivity index (χ1n) is 9.08. The van der Waals surface area contributed by atoms with Gasteiger partial charge < -0.3 is 10.0 Å². The topological polar surface area (TPSA) is 125 Å². The average molecular weight is 396 g/mol. The number of non-ortho nitro benzene ring substituents is 1. The summed E-state index contributed by atoms with van der Waals surface area (Å²) in [6, 6.07) is 11.1. The van der Waals surface area contributed by atoms with Crippen LogP contribution in [0.2, 0.25) is 0 Å². The molecule has 1 heterocycles. The summed E-state index contributed by atoms with van der Waals surface area (Å²) >= 11 is 0. The van der Waals surface area contributed by atoms with Crippen LogP contribution in [0.3, 0.4) is 0 Å². The van der Waals surface area contributed by atoms with E-state index in [0.29, 0.717) is 0 Å². The number of benzene rings is 2. The predicted octanol–water partition coefficient (Wildman–Crippen LogP) is 2.37. The maximum absolute atomic E-state index is 12.3. The Kier molecular flexibility index (Phi) is 5.87. The standard InChI is InChI=1S/C20H20N4O5/c1-2-13-3-5-16(6-4-13)23-12-15(10-19(23)26)20(27)22-21-11-14-9-17(24(28)29)7-8-18(14)25/h3-9,11,15,25H,2,10,12H2,1H3,(H,22,27)/b21-11-/t15-/m0/s1. The predicted molar refractivity (Wildman–Crippen MR) is 107 cm³/mol. The van der Waals surface area contributed by atoms with Crippen LogP contribution in [0, 0.1) is 16.0 Å². The molecule has 2 N–H and O–H groups in total. The molecule has 0 radical (unpaired) electrons. The van der Waals surface area contributed by atoms with Crippen molar-refractivity contribution in [2.75, 3.05) is 11.4 Å². The van der Waals surface area contributed by atoms with Crippen LogP contribution in [-0.4, -0.2) is 34.6 Å². The number of nitro groups is 1. The summed E-state index contributed by atoms with van der Waals surface area (Å²) in [6.45, 7) is 2.29. The first-order chi connectivity index (χ1) is 13.9. The molecule has 1 aliphatic heterocycles. The molecule has 150 valence electrons. The molecule has 1 saturated heterocycles. The molecule has 9 nitrogen and oxygen atoms in total. The monoisotopic (exact) mass is 396 g/mol. The number of phenolic OH excluding ortho intramolecular Hbond substituents is 1. The van der Waals surface area contributed by atoms with E-state index in [-0.39, 0.29) is 35.9 Å². The molecule has 2 amide bonds. The highest BCUT2D eigenvalue weighted by atomic mass is 16.6. The second kappa shape index (κ2) is 8.51. The first kappa shape index (κ1) is 20.0. The van der Waals surface area contributed by atoms with Crippen LogP contribution in [0.25, 0.3) is 0 Å². The number of hydrogen-bond donors (Lipinski definition) is 2. The minimum Gasteiger partial charge on any atom is -0.507 e. The van der Waals surface area contributed by atoms with E-state index < -0.39 is 16.7 Å². The number of phenols is 1. The summed E-state index contributed by atoms with van der Waals surface area (Å²) in [5.41, 5.74) is 4.12. The van der Waals surface area contributed by atoms with Gasteiger partial charge in [0.05, 0.1) is 17.1 Å². The summed E-state index contributed by atoms with van der Waals surface area (Å²) in [5.74, 6) is -1.35. The van der Waals surface area contributed by atoms with Gasteiger partial charge in [0, 0.05) is 36.3 Å². The third-order valence-electron chi connectivity index (χ3n) is 4.75. The van der Waals surface area contributed by atoms with Gasteiger partial charge in [-0.05, 0) is 30.2 Å². The van der Waals surface area contributed by atoms with E-state index in [0.717, 1.165) is 36.0 Å². The zero-order valence-electron chi connectivity index (χ0n) is 15.7. The van der Waals surface area contributed by atoms with E-state index in [1.807, 2.05) is 31.2 Å². The van der Waals surface area contributed by atoms with Gasteiger partial charge in [0.1, 0.15) is 5.75 Å². The van der Waals surface area contributed by atoms with Crippen molar-refractivity contribution in [2.45, 2.75) is 19.8 Å². The summed E-state index contributed by atoms with van der Waals surface area (Å²) in [5, 5.41) is 24.3. The van der Waals surface area contributed by atoms with Gasteiger partial charge in [-0.3, -0.25) is 19.7 Å². The number of nitro benzene ring substituents is 1. The summed E-state index contributed by atoms with van der Waals surface area (Å²) < 4.78 is 0. The van der Waals surface area contributed by atoms with Gasteiger partial charge in [-0.15, -0.1) is 0 Å². The van der Waals surface area contributed by atoms with E-state index in [9.17, 15) is 24.8 Å². The van der Waals surface area contributed by atoms with E-state index in [4.69, 9.17) is 0 Å². The van der Waals surface area contributed by atoms with Crippen molar-refractivity contribution in [3.63, 3.8) is 0 Å². The van der Waals surface area contributed by atoms with Gasteiger partial charge in [0.15, 0.2) is 0 Å². The van der Waals surface area contributed by atoms with Crippen molar-refractivity contribution in [2.24, 2.45) is 11.0 Å². The van der Waals surface area contributed by atoms with Crippen LogP contribution in [0.4, 0.5) is 11.4 Å². The molecule has 0 aromatic heterocycles. The number of amides is 2. The van der Waals surface area contributed by atoms with E-state index >= 15 is 0 Å². The normalized spacial score (nSPS) is 16.4. The quantitative estimate of drug-likeness (QED) is 0.440. The molecule has 0 aliphatic carbocycles. The number of nitrogens with one attached hydrogen (secondary N) is 1. The van der Waals surface area contributed by atoms with Gasteiger partial charge in [0.25, 0.3) is 5.69 Å². The third kappa shape index (κ3) is 4.57. The van der Waals surface area contributed by atoms with Crippen LogP contribution in [0.5, 0.6) is 5.75 Å². The number of carbonyl (C=O) groups excluding carboxylic acids is 2. The lowest BCUT2D eigenvalue weighted by Gasteiger charge is -2.16. The fourth-order valence-corrected chi connectivity index (χ4v) is 3.06. The lowest BCUT2D eigenvalue weighted by Crippen LogP contribution is -2.30. The van der Waals surface area contributed by atoms with Crippen LogP contribution in [0.15, 0.2) is 47.6 Å². The largest absolute Gasteiger partial charge is 0.507 e. The molecule has 2 aromatic rings. The van der Waals surface area contributed by atoms with Crippen molar-refractivity contribution in [3.8, 4) is 5.75 Å². The van der Waals surface area contributed by atoms with E-state index in [2.05, 4.69) is 10.5 Å². The van der Waals surface area contributed by atoms with Crippen LogP contribution in [0.1, 0.15) is 24.5 Å². The highest BCUT2D eigenvalue weighted by molar-refractivity contribution is 6.00. The second-order valence-corrected chi connectivity index (χ2v) is 6.66. The van der Waals surface area contributed by atoms with Gasteiger partial charge in [-0.2, -0.15) is 5.10 Å². The van der Waals surface area contributed by atoms with Crippen LogP contribution >= 0.6 is 0 Å². The maximum atomic E-state index is 12.3. The lowest BCUT2D eigenvalue weighted by atomic mass is 10.1. The van der Waals surface area contributed by atoms with E-state index in [1.54, 1.807) is 4.90 Å². The van der Waals surface area contributed by atoms with Crippen molar-refractivity contribution in [3.05, 3.63) is 63.7 Å². The Labute approximate surface area is 166 Å². The Hall–Kier alpha value is -3.75. The van der Waals surface area contributed by atoms with Gasteiger partial charge >= 0.3 is 0 Å². The third-order valence-corrected chi connectivity index (χ3v) is 4.75. The number of carbonyl (C=O) groups is 2. The van der Waals surface area contributed by atoms with Gasteiger partial charge in [-0.25, -0.2) is 5.43 Å². The molecule has 0 unspecified atom stereocenters. The highest BCUT2D eigenvalue weighted by Gasteiger charge is 2.35. The van der Waals surface area contributed by atoms with Crippen LogP contribution < -0.4 is 10.3 Å². The molecular weight excluding hydrogens is 376 g/mol. The zero-order chi connectivity index (χ0) is 21.0. The molecule has 0 spiro atoms. The van der Waals surface area contributed by atoms with Gasteiger partial charge in [0.2, 0.25) is 11.8 Å². The second-order valence-electron chi connectivity index (χ2n) is 6.66. The number of aromatic hydroxyl groups is 1. The Balaban J connectivity index is 1.63. The number of anilines is 1. The highest BCUT2D eigenvalue weighted by Crippen LogP contribution is 2.26. The molecule has 0 saturated carbocycles.